The van der Waals surface area contributed by atoms with E-state index in [0.29, 0.717) is 5.56 Å². The average molecular weight is 357 g/mol. The van der Waals surface area contributed by atoms with Gasteiger partial charge in [-0.25, -0.2) is 13.4 Å². The van der Waals surface area contributed by atoms with E-state index in [1.54, 1.807) is 36.4 Å². The molecule has 0 atom stereocenters. The number of anilines is 1. The highest BCUT2D eigenvalue weighted by Gasteiger charge is 2.12. The molecule has 1 aromatic heterocycles. The van der Waals surface area contributed by atoms with Gasteiger partial charge in [-0.2, -0.15) is 0 Å². The summed E-state index contributed by atoms with van der Waals surface area (Å²) in [4.78, 5) is 3.96. The van der Waals surface area contributed by atoms with Crippen molar-refractivity contribution < 1.29 is 13.5 Å². The normalized spacial score (nSPS) is 11.3. The molecule has 20 heavy (non-hydrogen) atoms. The minimum Gasteiger partial charge on any atom is -0.392 e. The Balaban J connectivity index is 2.08. The van der Waals surface area contributed by atoms with E-state index in [0.717, 1.165) is 10.0 Å². The van der Waals surface area contributed by atoms with Crippen LogP contribution in [0.25, 0.3) is 0 Å². The number of aromatic nitrogens is 1. The maximum Gasteiger partial charge on any atom is 0.238 e. The Morgan fingerprint density at radius 3 is 2.30 bits per heavy atom. The zero-order chi connectivity index (χ0) is 14.6. The van der Waals surface area contributed by atoms with Gasteiger partial charge in [0.1, 0.15) is 5.82 Å². The highest BCUT2D eigenvalue weighted by molar-refractivity contribution is 9.10. The predicted octanol–water partition coefficient (Wildman–Crippen LogP) is 2.28. The summed E-state index contributed by atoms with van der Waals surface area (Å²) in [6, 6.07) is 10.0. The van der Waals surface area contributed by atoms with Gasteiger partial charge in [-0.3, -0.25) is 4.72 Å². The van der Waals surface area contributed by atoms with Gasteiger partial charge in [-0.15, -0.1) is 0 Å². The van der Waals surface area contributed by atoms with Crippen molar-refractivity contribution in [1.82, 2.24) is 4.98 Å². The molecular weight excluding hydrogens is 344 g/mol. The van der Waals surface area contributed by atoms with Crippen LogP contribution in [0.5, 0.6) is 0 Å². The van der Waals surface area contributed by atoms with Gasteiger partial charge >= 0.3 is 0 Å². The lowest BCUT2D eigenvalue weighted by molar-refractivity contribution is 0.282. The quantitative estimate of drug-likeness (QED) is 0.861. The lowest BCUT2D eigenvalue weighted by atomic mass is 10.2. The molecule has 0 aliphatic heterocycles. The second-order valence-corrected chi connectivity index (χ2v) is 6.84. The molecule has 0 fully saturated rings. The highest BCUT2D eigenvalue weighted by Crippen LogP contribution is 2.14. The number of aliphatic hydroxyl groups excluding tert-OH is 1. The molecule has 0 spiro atoms. The van der Waals surface area contributed by atoms with Crippen molar-refractivity contribution in [2.45, 2.75) is 12.4 Å². The zero-order valence-electron chi connectivity index (χ0n) is 10.5. The van der Waals surface area contributed by atoms with Crippen LogP contribution in [0.3, 0.4) is 0 Å². The molecule has 0 aliphatic rings. The molecule has 106 valence electrons. The summed E-state index contributed by atoms with van der Waals surface area (Å²) >= 11 is 3.23. The van der Waals surface area contributed by atoms with E-state index in [1.165, 1.54) is 6.20 Å². The summed E-state index contributed by atoms with van der Waals surface area (Å²) in [5, 5.41) is 8.94. The summed E-state index contributed by atoms with van der Waals surface area (Å²) in [5.74, 6) is 0.136. The number of sulfonamides is 1. The first-order chi connectivity index (χ1) is 9.48. The molecule has 0 amide bonds. The zero-order valence-corrected chi connectivity index (χ0v) is 12.9. The Hall–Kier alpha value is -1.44. The monoisotopic (exact) mass is 356 g/mol. The Morgan fingerprint density at radius 2 is 1.75 bits per heavy atom. The molecule has 2 rings (SSSR count). The first-order valence-electron chi connectivity index (χ1n) is 5.79. The average Bonchev–Trinajstić information content (AvgIpc) is 2.41. The van der Waals surface area contributed by atoms with Crippen molar-refractivity contribution in [2.24, 2.45) is 0 Å². The van der Waals surface area contributed by atoms with E-state index in [2.05, 4.69) is 25.6 Å². The van der Waals surface area contributed by atoms with Gasteiger partial charge < -0.3 is 5.11 Å². The minimum absolute atomic E-state index is 0.0614. The van der Waals surface area contributed by atoms with Crippen LogP contribution >= 0.6 is 15.9 Å². The number of benzene rings is 1. The SMILES string of the molecule is O=S(=O)(Cc1ccc(CO)cc1)Nc1ccc(Br)cn1. The fourth-order valence-electron chi connectivity index (χ4n) is 1.59. The van der Waals surface area contributed by atoms with Gasteiger partial charge in [-0.1, -0.05) is 24.3 Å². The van der Waals surface area contributed by atoms with Crippen LogP contribution < -0.4 is 4.72 Å². The third-order valence-electron chi connectivity index (χ3n) is 2.55. The van der Waals surface area contributed by atoms with E-state index >= 15 is 0 Å². The largest absolute Gasteiger partial charge is 0.392 e. The van der Waals surface area contributed by atoms with E-state index < -0.39 is 10.0 Å². The standard InChI is InChI=1S/C13H13BrN2O3S/c14-12-5-6-13(15-7-12)16-20(18,19)9-11-3-1-10(8-17)2-4-11/h1-7,17H,8-9H2,(H,15,16). The molecule has 2 aromatic rings. The van der Waals surface area contributed by atoms with Crippen LogP contribution in [0.1, 0.15) is 11.1 Å². The van der Waals surface area contributed by atoms with Crippen molar-refractivity contribution in [3.63, 3.8) is 0 Å². The number of pyridine rings is 1. The van der Waals surface area contributed by atoms with Crippen LogP contribution in [0.2, 0.25) is 0 Å². The maximum atomic E-state index is 12.0. The molecule has 0 bridgehead atoms. The number of halogens is 1. The van der Waals surface area contributed by atoms with E-state index in [4.69, 9.17) is 5.11 Å². The molecule has 7 heteroatoms. The van der Waals surface area contributed by atoms with Crippen LogP contribution in [-0.2, 0) is 22.4 Å². The van der Waals surface area contributed by atoms with Gasteiger partial charge in [0.2, 0.25) is 10.0 Å². The molecule has 5 nitrogen and oxygen atoms in total. The van der Waals surface area contributed by atoms with Crippen LogP contribution in [-0.4, -0.2) is 18.5 Å². The van der Waals surface area contributed by atoms with Crippen molar-refractivity contribution in [2.75, 3.05) is 4.72 Å². The van der Waals surface area contributed by atoms with Gasteiger partial charge in [0.15, 0.2) is 0 Å². The highest BCUT2D eigenvalue weighted by atomic mass is 79.9. The van der Waals surface area contributed by atoms with Gasteiger partial charge in [-0.05, 0) is 39.2 Å². The minimum atomic E-state index is -3.51. The smallest absolute Gasteiger partial charge is 0.238 e. The Bertz CT molecular complexity index is 670. The number of hydrogen-bond acceptors (Lipinski definition) is 4. The van der Waals surface area contributed by atoms with Crippen LogP contribution in [0.4, 0.5) is 5.82 Å². The third-order valence-corrected chi connectivity index (χ3v) is 4.25. The molecule has 0 unspecified atom stereocenters. The summed E-state index contributed by atoms with van der Waals surface area (Å²) in [7, 11) is -3.51. The van der Waals surface area contributed by atoms with Crippen LogP contribution in [0.15, 0.2) is 47.1 Å². The fourth-order valence-corrected chi connectivity index (χ4v) is 2.97. The molecule has 2 N–H and O–H groups in total. The second kappa shape index (κ2) is 6.34. The van der Waals surface area contributed by atoms with Crippen molar-refractivity contribution in [3.05, 3.63) is 58.2 Å². The number of hydrogen-bond donors (Lipinski definition) is 2. The summed E-state index contributed by atoms with van der Waals surface area (Å²) in [5.41, 5.74) is 1.39. The van der Waals surface area contributed by atoms with Gasteiger partial charge in [0.25, 0.3) is 0 Å². The molecule has 0 saturated carbocycles. The summed E-state index contributed by atoms with van der Waals surface area (Å²) in [6.07, 6.45) is 1.52. The topological polar surface area (TPSA) is 79.3 Å². The fraction of sp³-hybridized carbons (Fsp3) is 0.154. The molecular formula is C13H13BrN2O3S. The number of nitrogens with zero attached hydrogens (tertiary/aromatic N) is 1. The molecule has 0 aliphatic carbocycles. The van der Waals surface area contributed by atoms with Crippen molar-refractivity contribution in [1.29, 1.82) is 0 Å². The summed E-state index contributed by atoms with van der Waals surface area (Å²) in [6.45, 7) is -0.0614. The lowest BCUT2D eigenvalue weighted by Crippen LogP contribution is -2.15. The molecule has 1 aromatic carbocycles. The first kappa shape index (κ1) is 15.0. The summed E-state index contributed by atoms with van der Waals surface area (Å²) < 4.78 is 27.2. The first-order valence-corrected chi connectivity index (χ1v) is 8.24. The Morgan fingerprint density at radius 1 is 1.10 bits per heavy atom. The molecule has 0 saturated heterocycles. The number of nitrogens with one attached hydrogen (secondary N) is 1. The predicted molar refractivity (Wildman–Crippen MR) is 80.5 cm³/mol. The third kappa shape index (κ3) is 4.29. The molecule has 1 heterocycles. The Kier molecular flexibility index (Phi) is 4.74. The van der Waals surface area contributed by atoms with E-state index in [1.807, 2.05) is 0 Å². The number of rotatable bonds is 5. The van der Waals surface area contributed by atoms with Gasteiger partial charge in [0, 0.05) is 10.7 Å². The lowest BCUT2D eigenvalue weighted by Gasteiger charge is -2.07. The van der Waals surface area contributed by atoms with Gasteiger partial charge in [0.05, 0.1) is 12.4 Å². The van der Waals surface area contributed by atoms with E-state index in [-0.39, 0.29) is 18.2 Å². The van der Waals surface area contributed by atoms with E-state index in [9.17, 15) is 8.42 Å². The second-order valence-electron chi connectivity index (χ2n) is 4.20. The maximum absolute atomic E-state index is 12.0. The van der Waals surface area contributed by atoms with Crippen molar-refractivity contribution in [3.8, 4) is 0 Å². The Labute approximate surface area is 125 Å². The van der Waals surface area contributed by atoms with Crippen molar-refractivity contribution >= 4 is 31.8 Å². The van der Waals surface area contributed by atoms with Crippen LogP contribution in [0, 0.1) is 0 Å². The molecule has 0 radical (unpaired) electrons. The number of aliphatic hydroxyl groups is 1.